The summed E-state index contributed by atoms with van der Waals surface area (Å²) in [5, 5.41) is 6.00. The number of carbonyl (C=O) groups is 3. The summed E-state index contributed by atoms with van der Waals surface area (Å²) in [5.41, 5.74) is 0.442. The van der Waals surface area contributed by atoms with Gasteiger partial charge >= 0.3 is 0 Å². The number of hydrogen-bond donors (Lipinski definition) is 2. The normalized spacial score (nSPS) is 35.8. The van der Waals surface area contributed by atoms with Crippen LogP contribution in [0.3, 0.4) is 0 Å². The number of anilines is 1. The van der Waals surface area contributed by atoms with E-state index in [0.29, 0.717) is 30.5 Å². The zero-order chi connectivity index (χ0) is 28.9. The lowest BCUT2D eigenvalue weighted by Crippen LogP contribution is -2.58. The van der Waals surface area contributed by atoms with Crippen molar-refractivity contribution in [1.82, 2.24) is 10.2 Å². The Hall–Kier alpha value is -2.71. The maximum atomic E-state index is 14.2. The van der Waals surface area contributed by atoms with E-state index in [1.165, 1.54) is 30.2 Å². The Morgan fingerprint density at radius 3 is 2.76 bits per heavy atom. The molecule has 1 saturated carbocycles. The minimum atomic E-state index is -1.21. The van der Waals surface area contributed by atoms with Crippen LogP contribution in [-0.4, -0.2) is 53.0 Å². The number of rotatable bonds is 7. The largest absolute Gasteiger partial charge is 0.359 e. The van der Waals surface area contributed by atoms with Crippen molar-refractivity contribution in [3.63, 3.8) is 0 Å². The molecule has 3 amide bonds. The molecule has 7 nitrogen and oxygen atoms in total. The quantitative estimate of drug-likeness (QED) is 0.421. The molecule has 0 radical (unpaired) electrons. The summed E-state index contributed by atoms with van der Waals surface area (Å²) in [4.78, 5) is 43.6. The minimum absolute atomic E-state index is 0.0320. The average Bonchev–Trinajstić information content (AvgIpc) is 3.60. The maximum Gasteiger partial charge on any atom is 0.246 e. The second-order valence-electron chi connectivity index (χ2n) is 12.6. The molecule has 8 unspecified atom stereocenters. The van der Waals surface area contributed by atoms with Crippen LogP contribution in [0.15, 0.2) is 42.0 Å². The summed E-state index contributed by atoms with van der Waals surface area (Å²) in [6.45, 7) is 4.81. The van der Waals surface area contributed by atoms with Gasteiger partial charge in [-0.2, -0.15) is 0 Å². The van der Waals surface area contributed by atoms with E-state index in [1.807, 2.05) is 12.2 Å². The Morgan fingerprint density at radius 2 is 2.00 bits per heavy atom. The van der Waals surface area contributed by atoms with Crippen molar-refractivity contribution in [3.05, 3.63) is 52.8 Å². The smallest absolute Gasteiger partial charge is 0.246 e. The van der Waals surface area contributed by atoms with Gasteiger partial charge in [-0.05, 0) is 68.6 Å². The van der Waals surface area contributed by atoms with Gasteiger partial charge in [0, 0.05) is 18.3 Å². The fourth-order valence-electron chi connectivity index (χ4n) is 7.75. The van der Waals surface area contributed by atoms with Gasteiger partial charge in [0.25, 0.3) is 0 Å². The summed E-state index contributed by atoms with van der Waals surface area (Å²) in [6, 6.07) is 3.14. The number of halogens is 2. The lowest BCUT2D eigenvalue weighted by atomic mass is 9.73. The third kappa shape index (κ3) is 5.01. The fraction of sp³-hybridized carbons (Fsp3) is 0.594. The molecule has 3 aliphatic heterocycles. The number of allylic oxidation sites excluding steroid dienone is 1. The Morgan fingerprint density at radius 1 is 1.17 bits per heavy atom. The van der Waals surface area contributed by atoms with E-state index in [0.717, 1.165) is 38.5 Å². The van der Waals surface area contributed by atoms with Crippen molar-refractivity contribution >= 4 is 35.0 Å². The van der Waals surface area contributed by atoms with Gasteiger partial charge in [-0.3, -0.25) is 14.4 Å². The minimum Gasteiger partial charge on any atom is -0.359 e. The van der Waals surface area contributed by atoms with E-state index in [2.05, 4.69) is 30.6 Å². The summed E-state index contributed by atoms with van der Waals surface area (Å²) < 4.78 is 20.2. The zero-order valence-electron chi connectivity index (χ0n) is 23.7. The van der Waals surface area contributed by atoms with Crippen LogP contribution in [0.5, 0.6) is 0 Å². The number of likely N-dealkylation sites (tertiary alicyclic amines) is 1. The summed E-state index contributed by atoms with van der Waals surface area (Å²) in [7, 11) is 0. The SMILES string of the molecule is CC1CCCC(NC(=O)C2N(CCC3=CCCCC3)C(=O)C3C(C(=O)Nc4ccc(F)c(Cl)c4)C4C=CC32O4)C1C. The van der Waals surface area contributed by atoms with Gasteiger partial charge in [-0.25, -0.2) is 4.39 Å². The highest BCUT2D eigenvalue weighted by molar-refractivity contribution is 6.31. The summed E-state index contributed by atoms with van der Waals surface area (Å²) in [6.07, 6.45) is 13.5. The number of carbonyl (C=O) groups excluding carboxylic acids is 3. The third-order valence-corrected chi connectivity index (χ3v) is 10.5. The van der Waals surface area contributed by atoms with E-state index < -0.39 is 41.3 Å². The second kappa shape index (κ2) is 11.2. The summed E-state index contributed by atoms with van der Waals surface area (Å²) in [5.74, 6) is -2.24. The molecule has 3 fully saturated rings. The number of nitrogens with one attached hydrogen (secondary N) is 2. The molecule has 1 aromatic rings. The lowest BCUT2D eigenvalue weighted by Gasteiger charge is -2.38. The molecular weight excluding hydrogens is 545 g/mol. The van der Waals surface area contributed by atoms with Crippen molar-refractivity contribution in [3.8, 4) is 0 Å². The molecule has 2 saturated heterocycles. The van der Waals surface area contributed by atoms with Crippen LogP contribution < -0.4 is 10.6 Å². The Labute approximate surface area is 245 Å². The molecule has 220 valence electrons. The lowest BCUT2D eigenvalue weighted by molar-refractivity contribution is -0.141. The van der Waals surface area contributed by atoms with E-state index >= 15 is 0 Å². The monoisotopic (exact) mass is 583 g/mol. The third-order valence-electron chi connectivity index (χ3n) is 10.2. The molecule has 8 atom stereocenters. The van der Waals surface area contributed by atoms with Crippen molar-refractivity contribution < 1.29 is 23.5 Å². The molecular formula is C32H39ClFN3O4. The van der Waals surface area contributed by atoms with Crippen molar-refractivity contribution in [2.24, 2.45) is 23.7 Å². The van der Waals surface area contributed by atoms with Crippen LogP contribution >= 0.6 is 11.6 Å². The van der Waals surface area contributed by atoms with Gasteiger partial charge in [0.1, 0.15) is 17.5 Å². The number of ether oxygens (including phenoxy) is 1. The van der Waals surface area contributed by atoms with Crippen LogP contribution in [0.1, 0.15) is 65.2 Å². The number of nitrogens with zero attached hydrogens (tertiary/aromatic N) is 1. The van der Waals surface area contributed by atoms with Crippen molar-refractivity contribution in [2.45, 2.75) is 89.0 Å². The molecule has 2 aliphatic carbocycles. The summed E-state index contributed by atoms with van der Waals surface area (Å²) >= 11 is 5.93. The van der Waals surface area contributed by atoms with Crippen LogP contribution in [0.4, 0.5) is 10.1 Å². The van der Waals surface area contributed by atoms with Gasteiger partial charge in [0.2, 0.25) is 17.7 Å². The van der Waals surface area contributed by atoms with E-state index in [1.54, 1.807) is 4.90 Å². The van der Waals surface area contributed by atoms with Gasteiger partial charge in [0.15, 0.2) is 0 Å². The average molecular weight is 584 g/mol. The molecule has 0 aromatic heterocycles. The number of amides is 3. The molecule has 1 aromatic carbocycles. The standard InChI is InChI=1S/C32H39ClFN3O4/c1-18-7-6-10-24(19(18)2)36-30(39)28-32-15-13-25(41-32)26(29(38)35-21-11-12-23(34)22(33)17-21)27(32)31(40)37(28)16-14-20-8-4-3-5-9-20/h8,11-13,15,17-19,24-28H,3-7,9-10,14,16H2,1-2H3,(H,35,38)(H,36,39). The number of benzene rings is 1. The van der Waals surface area contributed by atoms with E-state index in [4.69, 9.17) is 16.3 Å². The van der Waals surface area contributed by atoms with Crippen LogP contribution in [0.25, 0.3) is 0 Å². The molecule has 6 rings (SSSR count). The first kappa shape index (κ1) is 28.4. The van der Waals surface area contributed by atoms with Crippen LogP contribution in [-0.2, 0) is 19.1 Å². The molecule has 5 aliphatic rings. The Kier molecular flexibility index (Phi) is 7.74. The molecule has 1 spiro atoms. The van der Waals surface area contributed by atoms with Crippen molar-refractivity contribution in [2.75, 3.05) is 11.9 Å². The van der Waals surface area contributed by atoms with E-state index in [-0.39, 0.29) is 22.9 Å². The first-order chi connectivity index (χ1) is 19.7. The fourth-order valence-corrected chi connectivity index (χ4v) is 7.93. The maximum absolute atomic E-state index is 14.2. The van der Waals surface area contributed by atoms with Crippen molar-refractivity contribution in [1.29, 1.82) is 0 Å². The highest BCUT2D eigenvalue weighted by Gasteiger charge is 2.72. The van der Waals surface area contributed by atoms with Gasteiger partial charge in [-0.1, -0.05) is 62.1 Å². The van der Waals surface area contributed by atoms with Gasteiger partial charge in [0.05, 0.1) is 23.0 Å². The Balaban J connectivity index is 1.28. The van der Waals surface area contributed by atoms with Crippen LogP contribution in [0.2, 0.25) is 5.02 Å². The second-order valence-corrected chi connectivity index (χ2v) is 13.0. The highest BCUT2D eigenvalue weighted by Crippen LogP contribution is 2.55. The number of hydrogen-bond acceptors (Lipinski definition) is 4. The predicted molar refractivity (Wildman–Crippen MR) is 155 cm³/mol. The first-order valence-electron chi connectivity index (χ1n) is 15.1. The first-order valence-corrected chi connectivity index (χ1v) is 15.5. The topological polar surface area (TPSA) is 87.7 Å². The number of fused-ring (bicyclic) bond motifs is 1. The molecule has 3 heterocycles. The predicted octanol–water partition coefficient (Wildman–Crippen LogP) is 5.40. The molecule has 41 heavy (non-hydrogen) atoms. The van der Waals surface area contributed by atoms with Crippen LogP contribution in [0, 0.1) is 29.5 Å². The zero-order valence-corrected chi connectivity index (χ0v) is 24.5. The van der Waals surface area contributed by atoms with Gasteiger partial charge < -0.3 is 20.3 Å². The molecule has 9 heteroatoms. The molecule has 2 bridgehead atoms. The Bertz CT molecular complexity index is 1300. The highest BCUT2D eigenvalue weighted by atomic mass is 35.5. The van der Waals surface area contributed by atoms with Gasteiger partial charge in [-0.15, -0.1) is 0 Å². The molecule has 2 N–H and O–H groups in total. The van der Waals surface area contributed by atoms with E-state index in [9.17, 15) is 18.8 Å².